The maximum atomic E-state index is 10.2. The van der Waals surface area contributed by atoms with Crippen LogP contribution in [0.3, 0.4) is 0 Å². The summed E-state index contributed by atoms with van der Waals surface area (Å²) in [5.41, 5.74) is 4.12. The van der Waals surface area contributed by atoms with E-state index in [0.717, 1.165) is 16.9 Å². The molecule has 0 spiro atoms. The van der Waals surface area contributed by atoms with Crippen LogP contribution >= 0.6 is 0 Å². The summed E-state index contributed by atoms with van der Waals surface area (Å²) in [7, 11) is 5.80. The van der Waals surface area contributed by atoms with Gasteiger partial charge in [0, 0.05) is 27.2 Å². The van der Waals surface area contributed by atoms with Gasteiger partial charge in [0.1, 0.15) is 5.75 Å². The molecule has 2 rings (SSSR count). The van der Waals surface area contributed by atoms with Gasteiger partial charge < -0.3 is 19.6 Å². The van der Waals surface area contributed by atoms with Crippen molar-refractivity contribution in [3.63, 3.8) is 0 Å². The second kappa shape index (κ2) is 9.70. The third-order valence-electron chi connectivity index (χ3n) is 4.06. The van der Waals surface area contributed by atoms with E-state index in [4.69, 9.17) is 4.74 Å². The van der Waals surface area contributed by atoms with Crippen molar-refractivity contribution in [2.45, 2.75) is 33.7 Å². The number of rotatable bonds is 5. The minimum absolute atomic E-state index is 0.349. The molecule has 0 heterocycles. The van der Waals surface area contributed by atoms with Crippen molar-refractivity contribution < 1.29 is 14.6 Å². The zero-order valence-corrected chi connectivity index (χ0v) is 16.8. The number of phenolic OH excluding ortho intramolecular Hbond substituents is 1. The first-order chi connectivity index (χ1) is 12.2. The molecule has 2 aromatic carbocycles. The maximum Gasteiger partial charge on any atom is 0.298 e. The van der Waals surface area contributed by atoms with Gasteiger partial charge in [0.25, 0.3) is 6.47 Å². The standard InChI is InChI=1S/C11H17NO.C10H13NO2/c1-8(2)12(4)10-7-9(3)5-6-11(10)13;1-8-4-5-10(13-7-12)9(6-8)11(2)3/h5-8,13H,1-4H3;4-7H,1-3H3. The van der Waals surface area contributed by atoms with Gasteiger partial charge >= 0.3 is 0 Å². The first-order valence-corrected chi connectivity index (χ1v) is 8.58. The van der Waals surface area contributed by atoms with Crippen molar-refractivity contribution in [3.8, 4) is 11.5 Å². The van der Waals surface area contributed by atoms with Crippen molar-refractivity contribution in [1.29, 1.82) is 0 Å². The maximum absolute atomic E-state index is 10.2. The molecule has 26 heavy (non-hydrogen) atoms. The number of benzene rings is 2. The molecular formula is C21H30N2O3. The predicted molar refractivity (Wildman–Crippen MR) is 109 cm³/mol. The molecule has 0 saturated carbocycles. The zero-order valence-electron chi connectivity index (χ0n) is 16.8. The van der Waals surface area contributed by atoms with Crippen molar-refractivity contribution in [2.24, 2.45) is 0 Å². The third-order valence-corrected chi connectivity index (χ3v) is 4.06. The molecule has 2 aromatic rings. The van der Waals surface area contributed by atoms with Crippen LogP contribution in [-0.2, 0) is 4.79 Å². The summed E-state index contributed by atoms with van der Waals surface area (Å²) >= 11 is 0. The number of carbonyl (C=O) groups is 1. The molecule has 0 radical (unpaired) electrons. The van der Waals surface area contributed by atoms with E-state index in [1.165, 1.54) is 5.56 Å². The van der Waals surface area contributed by atoms with Gasteiger partial charge in [-0.1, -0.05) is 12.1 Å². The highest BCUT2D eigenvalue weighted by molar-refractivity contribution is 5.63. The summed E-state index contributed by atoms with van der Waals surface area (Å²) in [6, 6.07) is 11.7. The van der Waals surface area contributed by atoms with Gasteiger partial charge in [-0.25, -0.2) is 0 Å². The first kappa shape index (κ1) is 21.4. The van der Waals surface area contributed by atoms with E-state index < -0.39 is 0 Å². The number of aryl methyl sites for hydroxylation is 2. The van der Waals surface area contributed by atoms with E-state index in [9.17, 15) is 9.90 Å². The van der Waals surface area contributed by atoms with Crippen LogP contribution in [0, 0.1) is 13.8 Å². The lowest BCUT2D eigenvalue weighted by Gasteiger charge is -2.24. The molecule has 0 amide bonds. The van der Waals surface area contributed by atoms with Crippen LogP contribution in [-0.4, -0.2) is 38.8 Å². The number of hydrogen-bond acceptors (Lipinski definition) is 5. The van der Waals surface area contributed by atoms with Gasteiger partial charge in [-0.15, -0.1) is 0 Å². The number of anilines is 2. The number of aromatic hydroxyl groups is 1. The lowest BCUT2D eigenvalue weighted by Crippen LogP contribution is -2.25. The van der Waals surface area contributed by atoms with Crippen molar-refractivity contribution >= 4 is 17.8 Å². The predicted octanol–water partition coefficient (Wildman–Crippen LogP) is 4.14. The SMILES string of the molecule is Cc1ccc(O)c(N(C)C(C)C)c1.Cc1ccc(OC=O)c(N(C)C)c1. The van der Waals surface area contributed by atoms with E-state index >= 15 is 0 Å². The van der Waals surface area contributed by atoms with Crippen LogP contribution in [0.4, 0.5) is 11.4 Å². The molecular weight excluding hydrogens is 328 g/mol. The van der Waals surface area contributed by atoms with Crippen LogP contribution < -0.4 is 14.5 Å². The summed E-state index contributed by atoms with van der Waals surface area (Å²) in [6.07, 6.45) is 0. The lowest BCUT2D eigenvalue weighted by atomic mass is 10.2. The zero-order chi connectivity index (χ0) is 19.9. The molecule has 0 aromatic heterocycles. The lowest BCUT2D eigenvalue weighted by molar-refractivity contribution is -0.120. The first-order valence-electron chi connectivity index (χ1n) is 8.58. The van der Waals surface area contributed by atoms with Crippen molar-refractivity contribution in [2.75, 3.05) is 30.9 Å². The quantitative estimate of drug-likeness (QED) is 0.814. The Labute approximate surface area is 156 Å². The van der Waals surface area contributed by atoms with E-state index in [1.807, 2.05) is 64.2 Å². The molecule has 0 aliphatic rings. The molecule has 1 N–H and O–H groups in total. The fourth-order valence-corrected chi connectivity index (χ4v) is 2.32. The minimum atomic E-state index is 0.349. The summed E-state index contributed by atoms with van der Waals surface area (Å²) < 4.78 is 4.83. The van der Waals surface area contributed by atoms with Crippen molar-refractivity contribution in [3.05, 3.63) is 47.5 Å². The smallest absolute Gasteiger partial charge is 0.298 e. The Bertz CT molecular complexity index is 727. The van der Waals surface area contributed by atoms with Crippen LogP contribution in [0.25, 0.3) is 0 Å². The fraction of sp³-hybridized carbons (Fsp3) is 0.381. The topological polar surface area (TPSA) is 53.0 Å². The number of hydrogen-bond donors (Lipinski definition) is 1. The Hall–Kier alpha value is -2.69. The largest absolute Gasteiger partial charge is 0.506 e. The van der Waals surface area contributed by atoms with E-state index in [2.05, 4.69) is 18.7 Å². The monoisotopic (exact) mass is 358 g/mol. The minimum Gasteiger partial charge on any atom is -0.506 e. The Morgan fingerprint density at radius 2 is 1.50 bits per heavy atom. The van der Waals surface area contributed by atoms with Crippen LogP contribution in [0.5, 0.6) is 11.5 Å². The van der Waals surface area contributed by atoms with E-state index in [0.29, 0.717) is 24.0 Å². The van der Waals surface area contributed by atoms with Gasteiger partial charge in [-0.3, -0.25) is 4.79 Å². The second-order valence-corrected chi connectivity index (χ2v) is 6.78. The fourth-order valence-electron chi connectivity index (χ4n) is 2.32. The average Bonchev–Trinajstić information content (AvgIpc) is 2.58. The number of carbonyl (C=O) groups excluding carboxylic acids is 1. The van der Waals surface area contributed by atoms with Gasteiger partial charge in [0.05, 0.1) is 11.4 Å². The molecule has 0 atom stereocenters. The number of phenols is 1. The third kappa shape index (κ3) is 5.99. The highest BCUT2D eigenvalue weighted by atomic mass is 16.5. The Balaban J connectivity index is 0.000000260. The van der Waals surface area contributed by atoms with Gasteiger partial charge in [-0.2, -0.15) is 0 Å². The van der Waals surface area contributed by atoms with E-state index in [1.54, 1.807) is 12.1 Å². The van der Waals surface area contributed by atoms with Crippen LogP contribution in [0.15, 0.2) is 36.4 Å². The Morgan fingerprint density at radius 3 is 2.00 bits per heavy atom. The van der Waals surface area contributed by atoms with Gasteiger partial charge in [0.2, 0.25) is 0 Å². The molecule has 0 unspecified atom stereocenters. The summed E-state index contributed by atoms with van der Waals surface area (Å²) in [5, 5.41) is 9.61. The number of nitrogens with zero attached hydrogens (tertiary/aromatic N) is 2. The van der Waals surface area contributed by atoms with Gasteiger partial charge in [-0.05, 0) is 63.1 Å². The molecule has 5 nitrogen and oxygen atoms in total. The molecule has 0 fully saturated rings. The highest BCUT2D eigenvalue weighted by Gasteiger charge is 2.09. The van der Waals surface area contributed by atoms with Crippen molar-refractivity contribution in [1.82, 2.24) is 0 Å². The van der Waals surface area contributed by atoms with Gasteiger partial charge in [0.15, 0.2) is 5.75 Å². The second-order valence-electron chi connectivity index (χ2n) is 6.78. The summed E-state index contributed by atoms with van der Waals surface area (Å²) in [5.74, 6) is 0.937. The molecule has 0 aliphatic carbocycles. The molecule has 0 aliphatic heterocycles. The Kier molecular flexibility index (Phi) is 7.97. The van der Waals surface area contributed by atoms with Crippen LogP contribution in [0.1, 0.15) is 25.0 Å². The average molecular weight is 358 g/mol. The molecule has 0 bridgehead atoms. The van der Waals surface area contributed by atoms with Crippen LogP contribution in [0.2, 0.25) is 0 Å². The molecule has 142 valence electrons. The highest BCUT2D eigenvalue weighted by Crippen LogP contribution is 2.28. The normalized spacial score (nSPS) is 10.0. The summed E-state index contributed by atoms with van der Waals surface area (Å²) in [4.78, 5) is 14.2. The van der Waals surface area contributed by atoms with E-state index in [-0.39, 0.29) is 0 Å². The Morgan fingerprint density at radius 1 is 0.962 bits per heavy atom. The molecule has 0 saturated heterocycles. The number of ether oxygens (including phenoxy) is 1. The summed E-state index contributed by atoms with van der Waals surface area (Å²) in [6.45, 7) is 8.66. The molecule has 5 heteroatoms.